The van der Waals surface area contributed by atoms with E-state index in [2.05, 4.69) is 5.10 Å². The highest BCUT2D eigenvalue weighted by molar-refractivity contribution is 6.30. The number of carbonyl (C=O) groups is 3. The number of nitrogens with zero attached hydrogens (tertiary/aromatic N) is 4. The molecule has 9 nitrogen and oxygen atoms in total. The number of imide groups is 1. The van der Waals surface area contributed by atoms with Crippen LogP contribution in [0.2, 0.25) is 5.02 Å². The smallest absolute Gasteiger partial charge is 0.269 e. The fourth-order valence-corrected chi connectivity index (χ4v) is 5.82. The number of hydrogen-bond acceptors (Lipinski definition) is 7. The lowest BCUT2D eigenvalue weighted by Gasteiger charge is -2.34. The number of rotatable bonds is 4. The lowest BCUT2D eigenvalue weighted by molar-refractivity contribution is -0.384. The first-order valence-corrected chi connectivity index (χ1v) is 12.0. The predicted octanol–water partition coefficient (Wildman–Crippen LogP) is 4.32. The third kappa shape index (κ3) is 3.38. The molecule has 184 valence electrons. The van der Waals surface area contributed by atoms with Crippen LogP contribution in [0.4, 0.5) is 11.4 Å². The molecule has 0 radical (unpaired) electrons. The maximum atomic E-state index is 13.9. The van der Waals surface area contributed by atoms with Crippen molar-refractivity contribution in [2.45, 2.75) is 19.0 Å². The summed E-state index contributed by atoms with van der Waals surface area (Å²) < 4.78 is 0. The monoisotopic (exact) mass is 514 g/mol. The van der Waals surface area contributed by atoms with Gasteiger partial charge < -0.3 is 0 Å². The van der Waals surface area contributed by atoms with E-state index < -0.39 is 40.7 Å². The summed E-state index contributed by atoms with van der Waals surface area (Å²) in [5.41, 5.74) is 2.52. The van der Waals surface area contributed by atoms with E-state index in [9.17, 15) is 24.5 Å². The molecule has 0 aliphatic carbocycles. The van der Waals surface area contributed by atoms with Crippen LogP contribution in [0, 0.1) is 28.9 Å². The van der Waals surface area contributed by atoms with Gasteiger partial charge in [0.25, 0.3) is 5.69 Å². The number of Topliss-reactive ketones (excluding diaryl/α,β-unsaturated/α-hetero) is 1. The van der Waals surface area contributed by atoms with Gasteiger partial charge in [-0.15, -0.1) is 0 Å². The average molecular weight is 515 g/mol. The lowest BCUT2D eigenvalue weighted by Crippen LogP contribution is -2.44. The molecule has 3 aromatic carbocycles. The van der Waals surface area contributed by atoms with E-state index in [1.165, 1.54) is 18.2 Å². The zero-order valence-electron chi connectivity index (χ0n) is 19.4. The minimum absolute atomic E-state index is 0.141. The van der Waals surface area contributed by atoms with Crippen molar-refractivity contribution in [2.24, 2.45) is 16.9 Å². The Kier molecular flexibility index (Phi) is 5.20. The summed E-state index contributed by atoms with van der Waals surface area (Å²) in [7, 11) is 0. The minimum atomic E-state index is -1.01. The summed E-state index contributed by atoms with van der Waals surface area (Å²) >= 11 is 6.01. The second-order valence-corrected chi connectivity index (χ2v) is 9.74. The number of carbonyl (C=O) groups excluding carboxylic acids is 3. The van der Waals surface area contributed by atoms with Gasteiger partial charge in [-0.2, -0.15) is 5.10 Å². The third-order valence-electron chi connectivity index (χ3n) is 7.32. The zero-order valence-corrected chi connectivity index (χ0v) is 20.2. The molecule has 2 saturated heterocycles. The van der Waals surface area contributed by atoms with Crippen molar-refractivity contribution in [1.82, 2.24) is 5.01 Å². The molecule has 0 aromatic heterocycles. The molecule has 0 bridgehead atoms. The number of benzene rings is 3. The van der Waals surface area contributed by atoms with Gasteiger partial charge in [-0.05, 0) is 53.9 Å². The zero-order chi connectivity index (χ0) is 26.0. The Morgan fingerprint density at radius 3 is 2.41 bits per heavy atom. The first-order chi connectivity index (χ1) is 17.8. The molecule has 37 heavy (non-hydrogen) atoms. The molecule has 0 saturated carbocycles. The van der Waals surface area contributed by atoms with Crippen LogP contribution in [0.15, 0.2) is 71.8 Å². The van der Waals surface area contributed by atoms with Crippen LogP contribution in [-0.2, 0) is 9.59 Å². The van der Waals surface area contributed by atoms with Crippen LogP contribution >= 0.6 is 11.6 Å². The summed E-state index contributed by atoms with van der Waals surface area (Å²) in [5, 5.41) is 17.8. The van der Waals surface area contributed by atoms with E-state index >= 15 is 0 Å². The fraction of sp³-hybridized carbons (Fsp3) is 0.185. The van der Waals surface area contributed by atoms with Gasteiger partial charge in [-0.1, -0.05) is 35.9 Å². The van der Waals surface area contributed by atoms with Crippen molar-refractivity contribution in [3.63, 3.8) is 0 Å². The highest BCUT2D eigenvalue weighted by atomic mass is 35.5. The van der Waals surface area contributed by atoms with E-state index in [-0.39, 0.29) is 17.2 Å². The molecule has 10 heteroatoms. The molecule has 3 aromatic rings. The van der Waals surface area contributed by atoms with E-state index in [1.807, 2.05) is 24.3 Å². The Bertz CT molecular complexity index is 1540. The summed E-state index contributed by atoms with van der Waals surface area (Å²) in [6, 6.07) is 16.2. The Balaban J connectivity index is 1.49. The molecular formula is C27H19ClN4O5. The van der Waals surface area contributed by atoms with Crippen molar-refractivity contribution >= 4 is 46.8 Å². The van der Waals surface area contributed by atoms with Crippen LogP contribution in [0.5, 0.6) is 0 Å². The number of halogens is 1. The maximum Gasteiger partial charge on any atom is 0.269 e. The van der Waals surface area contributed by atoms with Crippen LogP contribution in [0.1, 0.15) is 33.1 Å². The second-order valence-electron chi connectivity index (χ2n) is 9.31. The molecular weight excluding hydrogens is 496 g/mol. The molecule has 1 unspecified atom stereocenters. The van der Waals surface area contributed by atoms with Crippen LogP contribution in [-0.4, -0.2) is 39.8 Å². The molecule has 3 aliphatic heterocycles. The molecule has 3 aliphatic rings. The quantitative estimate of drug-likeness (QED) is 0.222. The topological polar surface area (TPSA) is 113 Å². The number of nitro benzene ring substituents is 1. The van der Waals surface area contributed by atoms with E-state index in [0.717, 1.165) is 16.0 Å². The van der Waals surface area contributed by atoms with E-state index in [1.54, 1.807) is 42.4 Å². The highest BCUT2D eigenvalue weighted by Crippen LogP contribution is 2.53. The number of hydrogen-bond donors (Lipinski definition) is 0. The molecule has 6 rings (SSSR count). The summed E-state index contributed by atoms with van der Waals surface area (Å²) in [4.78, 5) is 53.5. The van der Waals surface area contributed by atoms with Crippen molar-refractivity contribution in [2.75, 3.05) is 4.90 Å². The van der Waals surface area contributed by atoms with Gasteiger partial charge in [0, 0.05) is 22.7 Å². The van der Waals surface area contributed by atoms with Gasteiger partial charge in [0.05, 0.1) is 34.7 Å². The van der Waals surface area contributed by atoms with Gasteiger partial charge in [0.15, 0.2) is 5.78 Å². The third-order valence-corrected chi connectivity index (χ3v) is 7.57. The Labute approximate surface area is 216 Å². The van der Waals surface area contributed by atoms with Crippen molar-refractivity contribution in [1.29, 1.82) is 0 Å². The molecule has 0 N–H and O–H groups in total. The van der Waals surface area contributed by atoms with Crippen LogP contribution in [0.3, 0.4) is 0 Å². The average Bonchev–Trinajstić information content (AvgIpc) is 3.36. The molecule has 2 amide bonds. The highest BCUT2D eigenvalue weighted by Gasteiger charge is 2.65. The Morgan fingerprint density at radius 1 is 1.00 bits per heavy atom. The van der Waals surface area contributed by atoms with Crippen molar-refractivity contribution in [3.8, 4) is 0 Å². The minimum Gasteiger partial charge on any atom is -0.292 e. The number of non-ortho nitro benzene ring substituents is 1. The number of nitro groups is 1. The summed E-state index contributed by atoms with van der Waals surface area (Å²) in [6.45, 7) is 1.61. The summed E-state index contributed by atoms with van der Waals surface area (Å²) in [5.74, 6) is -3.17. The number of fused-ring (bicyclic) bond motifs is 5. The molecule has 3 heterocycles. The number of anilines is 1. The number of ketones is 1. The first kappa shape index (κ1) is 23.1. The van der Waals surface area contributed by atoms with Crippen LogP contribution in [0.25, 0.3) is 0 Å². The number of aryl methyl sites for hydroxylation is 1. The van der Waals surface area contributed by atoms with Gasteiger partial charge in [0.1, 0.15) is 6.04 Å². The van der Waals surface area contributed by atoms with Crippen molar-refractivity contribution in [3.05, 3.63) is 104 Å². The fourth-order valence-electron chi connectivity index (χ4n) is 5.69. The summed E-state index contributed by atoms with van der Waals surface area (Å²) in [6.07, 6.45) is 1.64. The van der Waals surface area contributed by atoms with E-state index in [4.69, 9.17) is 11.6 Å². The number of hydrazone groups is 1. The normalized spacial score (nSPS) is 23.6. The van der Waals surface area contributed by atoms with Gasteiger partial charge in [-0.25, -0.2) is 4.90 Å². The predicted molar refractivity (Wildman–Crippen MR) is 135 cm³/mol. The second kappa shape index (κ2) is 8.35. The van der Waals surface area contributed by atoms with Gasteiger partial charge >= 0.3 is 0 Å². The Morgan fingerprint density at radius 2 is 1.70 bits per heavy atom. The first-order valence-electron chi connectivity index (χ1n) is 11.6. The molecule has 2 fully saturated rings. The maximum absolute atomic E-state index is 13.9. The largest absolute Gasteiger partial charge is 0.292 e. The van der Waals surface area contributed by atoms with E-state index in [0.29, 0.717) is 16.1 Å². The van der Waals surface area contributed by atoms with Gasteiger partial charge in [0.2, 0.25) is 11.8 Å². The molecule has 0 spiro atoms. The van der Waals surface area contributed by atoms with Crippen molar-refractivity contribution < 1.29 is 19.3 Å². The lowest BCUT2D eigenvalue weighted by atomic mass is 9.83. The van der Waals surface area contributed by atoms with Gasteiger partial charge in [-0.3, -0.25) is 29.5 Å². The number of amides is 2. The Hall–Kier alpha value is -4.37. The van der Waals surface area contributed by atoms with Crippen LogP contribution < -0.4 is 4.90 Å². The standard InChI is InChI=1S/C27H19ClN4O5/c1-14-12-18(32(36)37)10-11-20(14)30-26(34)21-22(27(30)35)24(25(33)15-6-8-17(28)9-7-15)31-23(21)19-5-3-2-4-16(19)13-29-31/h2-13,21-24H,1H3/t21-,22+,23?,24-/m0/s1. The molecule has 4 atom stereocenters. The SMILES string of the molecule is Cc1cc([N+](=O)[O-])ccc1N1C(=O)[C@@H]2[C@H](C1=O)C1c3ccccc3C=NN1[C@@H]2C(=O)c1ccc(Cl)cc1.